The summed E-state index contributed by atoms with van der Waals surface area (Å²) in [7, 11) is 0. The lowest BCUT2D eigenvalue weighted by molar-refractivity contribution is 0.0706. The second-order valence-electron chi connectivity index (χ2n) is 5.08. The number of thiophene rings is 1. The van der Waals surface area contributed by atoms with Gasteiger partial charge in [-0.2, -0.15) is 0 Å². The van der Waals surface area contributed by atoms with Crippen LogP contribution in [0.15, 0.2) is 54.7 Å². The van der Waals surface area contributed by atoms with Gasteiger partial charge in [-0.15, -0.1) is 11.3 Å². The van der Waals surface area contributed by atoms with Gasteiger partial charge in [-0.05, 0) is 58.8 Å². The minimum absolute atomic E-state index is 0.445. The van der Waals surface area contributed by atoms with Crippen LogP contribution in [0.5, 0.6) is 0 Å². The first-order valence-electron chi connectivity index (χ1n) is 6.80. The van der Waals surface area contributed by atoms with Gasteiger partial charge in [-0.1, -0.05) is 6.07 Å². The summed E-state index contributed by atoms with van der Waals surface area (Å²) in [5, 5.41) is 10.9. The number of hydrogen-bond acceptors (Lipinski definition) is 3. The molecule has 108 valence electrons. The molecule has 0 saturated carbocycles. The van der Waals surface area contributed by atoms with Crippen LogP contribution in [0.4, 0.5) is 0 Å². The van der Waals surface area contributed by atoms with E-state index in [9.17, 15) is 4.79 Å². The lowest BCUT2D eigenvalue weighted by atomic mass is 10.1. The summed E-state index contributed by atoms with van der Waals surface area (Å²) in [6.07, 6.45) is 1.93. The molecule has 1 amide bonds. The Labute approximate surface area is 130 Å². The molecule has 4 nitrogen and oxygen atoms in total. The first-order valence-corrected chi connectivity index (χ1v) is 7.62. The molecule has 3 N–H and O–H groups in total. The number of carbonyl (C=O) groups excluding carboxylic acids is 1. The van der Waals surface area contributed by atoms with Gasteiger partial charge in [0, 0.05) is 26.9 Å². The summed E-state index contributed by atoms with van der Waals surface area (Å²) in [6, 6.07) is 15.8. The first-order chi connectivity index (χ1) is 10.7. The van der Waals surface area contributed by atoms with Crippen LogP contribution in [-0.4, -0.2) is 16.1 Å². The van der Waals surface area contributed by atoms with Gasteiger partial charge in [0.1, 0.15) is 0 Å². The predicted molar refractivity (Wildman–Crippen MR) is 88.4 cm³/mol. The average molecular weight is 308 g/mol. The highest BCUT2D eigenvalue weighted by molar-refractivity contribution is 7.22. The highest BCUT2D eigenvalue weighted by atomic mass is 32.1. The van der Waals surface area contributed by atoms with Crippen molar-refractivity contribution < 1.29 is 10.0 Å². The van der Waals surface area contributed by atoms with Gasteiger partial charge in [0.2, 0.25) is 0 Å². The maximum Gasteiger partial charge on any atom is 0.274 e. The van der Waals surface area contributed by atoms with E-state index in [1.807, 2.05) is 12.3 Å². The molecule has 0 unspecified atom stereocenters. The maximum atomic E-state index is 11.5. The van der Waals surface area contributed by atoms with E-state index in [1.54, 1.807) is 28.9 Å². The van der Waals surface area contributed by atoms with Crippen molar-refractivity contribution >= 4 is 38.2 Å². The fraction of sp³-hybridized carbons (Fsp3) is 0. The molecule has 0 bridgehead atoms. The third kappa shape index (κ3) is 2.07. The van der Waals surface area contributed by atoms with E-state index in [1.165, 1.54) is 5.39 Å². The Morgan fingerprint density at radius 2 is 1.95 bits per heavy atom. The van der Waals surface area contributed by atoms with Crippen molar-refractivity contribution in [3.05, 3.63) is 60.3 Å². The van der Waals surface area contributed by atoms with Crippen LogP contribution in [0.1, 0.15) is 10.4 Å². The van der Waals surface area contributed by atoms with Crippen molar-refractivity contribution in [2.75, 3.05) is 0 Å². The quantitative estimate of drug-likeness (QED) is 0.384. The van der Waals surface area contributed by atoms with Gasteiger partial charge in [-0.25, -0.2) is 5.48 Å². The smallest absolute Gasteiger partial charge is 0.274 e. The summed E-state index contributed by atoms with van der Waals surface area (Å²) in [4.78, 5) is 15.8. The highest BCUT2D eigenvalue weighted by Crippen LogP contribution is 2.35. The van der Waals surface area contributed by atoms with Crippen LogP contribution in [0.3, 0.4) is 0 Å². The molecule has 0 fully saturated rings. The molecule has 2 aromatic heterocycles. The molecule has 0 spiro atoms. The molecule has 0 saturated heterocycles. The molecule has 0 atom stereocenters. The number of H-pyrrole nitrogens is 1. The molecule has 2 aromatic carbocycles. The van der Waals surface area contributed by atoms with E-state index in [0.717, 1.165) is 26.0 Å². The van der Waals surface area contributed by atoms with Gasteiger partial charge in [0.15, 0.2) is 0 Å². The van der Waals surface area contributed by atoms with Crippen molar-refractivity contribution in [1.29, 1.82) is 0 Å². The average Bonchev–Trinajstić information content (AvgIpc) is 3.18. The first kappa shape index (κ1) is 13.1. The molecule has 5 heteroatoms. The summed E-state index contributed by atoms with van der Waals surface area (Å²) in [6.45, 7) is 0. The molecule has 4 aromatic rings. The zero-order chi connectivity index (χ0) is 15.1. The normalized spacial score (nSPS) is 11.1. The molecule has 0 radical (unpaired) electrons. The molecular formula is C17H12N2O2S. The van der Waals surface area contributed by atoms with Crippen molar-refractivity contribution in [3.8, 4) is 10.4 Å². The Hall–Kier alpha value is -2.63. The van der Waals surface area contributed by atoms with Gasteiger partial charge in [0.25, 0.3) is 5.91 Å². The monoisotopic (exact) mass is 308 g/mol. The van der Waals surface area contributed by atoms with Crippen LogP contribution in [0.2, 0.25) is 0 Å². The molecule has 0 aliphatic heterocycles. The van der Waals surface area contributed by atoms with Crippen LogP contribution >= 0.6 is 11.3 Å². The number of amides is 1. The Kier molecular flexibility index (Phi) is 2.96. The summed E-state index contributed by atoms with van der Waals surface area (Å²) in [5.74, 6) is -0.497. The Morgan fingerprint density at radius 3 is 2.82 bits per heavy atom. The molecule has 2 heterocycles. The van der Waals surface area contributed by atoms with E-state index in [4.69, 9.17) is 5.21 Å². The van der Waals surface area contributed by atoms with Crippen molar-refractivity contribution in [3.63, 3.8) is 0 Å². The largest absolute Gasteiger partial charge is 0.361 e. The topological polar surface area (TPSA) is 65.1 Å². The lowest BCUT2D eigenvalue weighted by Gasteiger charge is -1.97. The second-order valence-corrected chi connectivity index (χ2v) is 6.17. The van der Waals surface area contributed by atoms with E-state index < -0.39 is 5.91 Å². The molecule has 4 rings (SSSR count). The number of carbonyl (C=O) groups is 1. The highest BCUT2D eigenvalue weighted by Gasteiger charge is 2.09. The number of aromatic nitrogens is 1. The standard InChI is InChI=1S/C17H12N2O2S/c20-17(19-21)12-2-4-15-13(8-12)9-16(22-15)11-1-3-14-10(7-11)5-6-18-14/h1-9,18,21H,(H,19,20). The maximum absolute atomic E-state index is 11.5. The van der Waals surface area contributed by atoms with E-state index >= 15 is 0 Å². The molecule has 0 aliphatic carbocycles. The second kappa shape index (κ2) is 4.98. The number of nitrogens with one attached hydrogen (secondary N) is 2. The number of hydrogen-bond donors (Lipinski definition) is 3. The molecular weight excluding hydrogens is 296 g/mol. The number of rotatable bonds is 2. The minimum Gasteiger partial charge on any atom is -0.361 e. The van der Waals surface area contributed by atoms with Crippen molar-refractivity contribution in [2.45, 2.75) is 0 Å². The van der Waals surface area contributed by atoms with Gasteiger partial charge < -0.3 is 4.98 Å². The third-order valence-electron chi connectivity index (χ3n) is 3.72. The van der Waals surface area contributed by atoms with E-state index in [0.29, 0.717) is 5.56 Å². The van der Waals surface area contributed by atoms with E-state index in [2.05, 4.69) is 35.3 Å². The Balaban J connectivity index is 1.82. The van der Waals surface area contributed by atoms with Gasteiger partial charge in [0.05, 0.1) is 0 Å². The number of aromatic amines is 1. The van der Waals surface area contributed by atoms with Gasteiger partial charge in [-0.3, -0.25) is 10.0 Å². The minimum atomic E-state index is -0.497. The Bertz CT molecular complexity index is 1000. The molecule has 0 aliphatic rings. The van der Waals surface area contributed by atoms with E-state index in [-0.39, 0.29) is 0 Å². The summed E-state index contributed by atoms with van der Waals surface area (Å²) < 4.78 is 1.11. The van der Waals surface area contributed by atoms with Crippen LogP contribution in [0.25, 0.3) is 31.4 Å². The fourth-order valence-corrected chi connectivity index (χ4v) is 3.64. The zero-order valence-electron chi connectivity index (χ0n) is 11.5. The van der Waals surface area contributed by atoms with Crippen LogP contribution in [0, 0.1) is 0 Å². The number of benzene rings is 2. The van der Waals surface area contributed by atoms with Crippen LogP contribution in [-0.2, 0) is 0 Å². The SMILES string of the molecule is O=C(NO)c1ccc2sc(-c3ccc4[nH]ccc4c3)cc2c1. The summed E-state index contributed by atoms with van der Waals surface area (Å²) in [5.41, 5.74) is 4.38. The Morgan fingerprint density at radius 1 is 1.05 bits per heavy atom. The lowest BCUT2D eigenvalue weighted by Crippen LogP contribution is -2.18. The summed E-state index contributed by atoms with van der Waals surface area (Å²) >= 11 is 1.69. The number of hydroxylamine groups is 1. The van der Waals surface area contributed by atoms with Crippen molar-refractivity contribution in [1.82, 2.24) is 10.5 Å². The van der Waals surface area contributed by atoms with Crippen LogP contribution < -0.4 is 5.48 Å². The predicted octanol–water partition coefficient (Wildman–Crippen LogP) is 4.17. The zero-order valence-corrected chi connectivity index (χ0v) is 12.3. The fourth-order valence-electron chi connectivity index (χ4n) is 2.60. The van der Waals surface area contributed by atoms with Crippen molar-refractivity contribution in [2.24, 2.45) is 0 Å². The van der Waals surface area contributed by atoms with Gasteiger partial charge >= 0.3 is 0 Å². The molecule has 22 heavy (non-hydrogen) atoms. The third-order valence-corrected chi connectivity index (χ3v) is 4.88. The number of fused-ring (bicyclic) bond motifs is 2.